The van der Waals surface area contributed by atoms with Gasteiger partial charge in [-0.1, -0.05) is 78.2 Å². The first-order valence-corrected chi connectivity index (χ1v) is 16.0. The van der Waals surface area contributed by atoms with Gasteiger partial charge in [0, 0.05) is 23.8 Å². The Kier molecular flexibility index (Phi) is 16.0. The zero-order chi connectivity index (χ0) is 33.7. The Morgan fingerprint density at radius 1 is 0.977 bits per heavy atom. The summed E-state index contributed by atoms with van der Waals surface area (Å²) in [6, 6.07) is 5.10. The van der Waals surface area contributed by atoms with Crippen LogP contribution in [0.1, 0.15) is 92.6 Å². The van der Waals surface area contributed by atoms with E-state index in [0.717, 1.165) is 24.8 Å². The van der Waals surface area contributed by atoms with Gasteiger partial charge in [0.05, 0.1) is 11.5 Å². The van der Waals surface area contributed by atoms with E-state index < -0.39 is 28.9 Å². The predicted octanol–water partition coefficient (Wildman–Crippen LogP) is 3.89. The van der Waals surface area contributed by atoms with Gasteiger partial charge >= 0.3 is 5.97 Å². The molecule has 0 saturated heterocycles. The van der Waals surface area contributed by atoms with Crippen LogP contribution in [0.2, 0.25) is 0 Å². The number of esters is 1. The van der Waals surface area contributed by atoms with Crippen LogP contribution in [0.15, 0.2) is 24.3 Å². The molecule has 0 aliphatic heterocycles. The van der Waals surface area contributed by atoms with Gasteiger partial charge in [0.25, 0.3) is 0 Å². The molecule has 0 saturated carbocycles. The van der Waals surface area contributed by atoms with Gasteiger partial charge in [0.15, 0.2) is 0 Å². The summed E-state index contributed by atoms with van der Waals surface area (Å²) in [5, 5.41) is 8.90. The molecule has 0 fully saturated rings. The number of hydrogen-bond donors (Lipinski definition) is 4. The second-order valence-corrected chi connectivity index (χ2v) is 13.7. The zero-order valence-electron chi connectivity index (χ0n) is 28.2. The first kappa shape index (κ1) is 39.0. The molecule has 0 aliphatic carbocycles. The maximum absolute atomic E-state index is 13.7. The Bertz CT molecular complexity index is 1120. The summed E-state index contributed by atoms with van der Waals surface area (Å²) in [7, 11) is 3.56. The molecule has 0 spiro atoms. The molecule has 1 aromatic carbocycles. The lowest BCUT2D eigenvalue weighted by Gasteiger charge is -2.37. The first-order chi connectivity index (χ1) is 20.4. The lowest BCUT2D eigenvalue weighted by molar-refractivity contribution is -0.135. The topological polar surface area (TPSA) is 143 Å². The summed E-state index contributed by atoms with van der Waals surface area (Å²) in [5.74, 6) is -1.15. The van der Waals surface area contributed by atoms with Crippen molar-refractivity contribution in [2.24, 2.45) is 17.1 Å². The van der Waals surface area contributed by atoms with Gasteiger partial charge in [0.2, 0.25) is 17.7 Å². The highest BCUT2D eigenvalue weighted by Crippen LogP contribution is 2.28. The van der Waals surface area contributed by atoms with Crippen molar-refractivity contribution >= 4 is 40.9 Å². The van der Waals surface area contributed by atoms with E-state index in [1.807, 2.05) is 41.5 Å². The van der Waals surface area contributed by atoms with Crippen molar-refractivity contribution in [3.8, 4) is 5.75 Å². The van der Waals surface area contributed by atoms with Crippen LogP contribution in [-0.2, 0) is 25.6 Å². The lowest BCUT2D eigenvalue weighted by Crippen LogP contribution is -2.59. The normalized spacial score (nSPS) is 13.9. The Morgan fingerprint density at radius 3 is 2.11 bits per heavy atom. The van der Waals surface area contributed by atoms with Crippen LogP contribution in [0.3, 0.4) is 0 Å². The van der Waals surface area contributed by atoms with Crippen LogP contribution in [0.4, 0.5) is 0 Å². The van der Waals surface area contributed by atoms with Crippen molar-refractivity contribution in [1.29, 1.82) is 0 Å². The third-order valence-corrected chi connectivity index (χ3v) is 8.06. The molecule has 3 amide bonds. The van der Waals surface area contributed by atoms with Crippen molar-refractivity contribution < 1.29 is 23.9 Å². The van der Waals surface area contributed by atoms with Crippen molar-refractivity contribution in [2.75, 3.05) is 20.6 Å². The van der Waals surface area contributed by atoms with Crippen LogP contribution in [0.25, 0.3) is 0 Å². The molecule has 248 valence electrons. The summed E-state index contributed by atoms with van der Waals surface area (Å²) in [4.78, 5) is 54.2. The molecule has 3 atom stereocenters. The van der Waals surface area contributed by atoms with E-state index in [4.69, 9.17) is 22.7 Å². The number of thiocarbonyl (C=S) groups is 1. The van der Waals surface area contributed by atoms with Gasteiger partial charge in [-0.05, 0) is 64.4 Å². The van der Waals surface area contributed by atoms with Gasteiger partial charge in [-0.15, -0.1) is 0 Å². The third kappa shape index (κ3) is 14.2. The van der Waals surface area contributed by atoms with Crippen molar-refractivity contribution in [1.82, 2.24) is 20.9 Å². The van der Waals surface area contributed by atoms with E-state index in [2.05, 4.69) is 22.9 Å². The minimum Gasteiger partial charge on any atom is -0.426 e. The van der Waals surface area contributed by atoms with Crippen LogP contribution >= 0.6 is 12.2 Å². The van der Waals surface area contributed by atoms with Gasteiger partial charge in [-0.2, -0.15) is 0 Å². The van der Waals surface area contributed by atoms with Crippen LogP contribution in [0, 0.1) is 11.3 Å². The Morgan fingerprint density at radius 2 is 1.59 bits per heavy atom. The standard InChI is InChI=1S/C33H55N5O5S/c1-10-12-13-14-26(39)35-25(19-23-15-17-24(18-16-23)43-27(40)20-38(8)9)29(41)36-28(22(3)11-2)30(42)37-33(6,7)21-32(4,5)31(34)44/h15-18,22,25,28H,10-14,19-21H2,1-9H3,(H2,34,44)(H,35,39)(H,36,41)(H,37,42). The number of nitrogens with zero attached hydrogens (tertiary/aromatic N) is 1. The van der Waals surface area contributed by atoms with E-state index in [1.165, 1.54) is 0 Å². The number of rotatable bonds is 19. The number of unbranched alkanes of at least 4 members (excludes halogenated alkanes) is 2. The molecular weight excluding hydrogens is 578 g/mol. The minimum absolute atomic E-state index is 0.147. The predicted molar refractivity (Wildman–Crippen MR) is 179 cm³/mol. The van der Waals surface area contributed by atoms with E-state index in [9.17, 15) is 19.2 Å². The first-order valence-electron chi connectivity index (χ1n) is 15.6. The average Bonchev–Trinajstić information content (AvgIpc) is 2.90. The molecule has 44 heavy (non-hydrogen) atoms. The molecular formula is C33H55N5O5S. The van der Waals surface area contributed by atoms with Gasteiger partial charge in [-0.25, -0.2) is 0 Å². The van der Waals surface area contributed by atoms with Crippen LogP contribution in [0.5, 0.6) is 5.75 Å². The maximum atomic E-state index is 13.7. The number of carbonyl (C=O) groups excluding carboxylic acids is 4. The highest BCUT2D eigenvalue weighted by Gasteiger charge is 2.36. The molecule has 3 unspecified atom stereocenters. The third-order valence-electron chi connectivity index (χ3n) is 7.51. The zero-order valence-corrected chi connectivity index (χ0v) is 29.0. The summed E-state index contributed by atoms with van der Waals surface area (Å²) < 4.78 is 5.36. The molecule has 0 aromatic heterocycles. The van der Waals surface area contributed by atoms with Crippen molar-refractivity contribution in [3.63, 3.8) is 0 Å². The van der Waals surface area contributed by atoms with Crippen LogP contribution < -0.4 is 26.4 Å². The molecule has 0 bridgehead atoms. The number of ether oxygens (including phenoxy) is 1. The molecule has 5 N–H and O–H groups in total. The Hall–Kier alpha value is -3.05. The fraction of sp³-hybridized carbons (Fsp3) is 0.667. The smallest absolute Gasteiger partial charge is 0.325 e. The maximum Gasteiger partial charge on any atom is 0.325 e. The summed E-state index contributed by atoms with van der Waals surface area (Å²) in [6.07, 6.45) is 4.27. The monoisotopic (exact) mass is 633 g/mol. The number of amides is 3. The number of nitrogens with two attached hydrogens (primary N) is 1. The molecule has 0 aliphatic rings. The van der Waals surface area contributed by atoms with Crippen LogP contribution in [-0.4, -0.2) is 71.8 Å². The molecule has 10 nitrogen and oxygen atoms in total. The van der Waals surface area contributed by atoms with Crippen molar-refractivity contribution in [3.05, 3.63) is 29.8 Å². The SMILES string of the molecule is CCCCCC(=O)NC(Cc1ccc(OC(=O)CN(C)C)cc1)C(=O)NC(C(=O)NC(C)(C)CC(C)(C)C(N)=S)C(C)CC. The van der Waals surface area contributed by atoms with Gasteiger partial charge in [0.1, 0.15) is 17.8 Å². The molecule has 1 aromatic rings. The summed E-state index contributed by atoms with van der Waals surface area (Å²) in [5.41, 5.74) is 5.56. The van der Waals surface area contributed by atoms with E-state index in [0.29, 0.717) is 30.0 Å². The highest BCUT2D eigenvalue weighted by molar-refractivity contribution is 7.80. The van der Waals surface area contributed by atoms with Gasteiger partial charge in [-0.3, -0.25) is 24.1 Å². The van der Waals surface area contributed by atoms with Gasteiger partial charge < -0.3 is 26.4 Å². The quantitative estimate of drug-likeness (QED) is 0.0778. The summed E-state index contributed by atoms with van der Waals surface area (Å²) >= 11 is 5.22. The fourth-order valence-electron chi connectivity index (χ4n) is 4.97. The highest BCUT2D eigenvalue weighted by atomic mass is 32.1. The molecule has 0 radical (unpaired) electrons. The lowest BCUT2D eigenvalue weighted by atomic mass is 9.79. The molecule has 1 rings (SSSR count). The number of likely N-dealkylation sites (N-methyl/N-ethyl adjacent to an activating group) is 1. The van der Waals surface area contributed by atoms with E-state index >= 15 is 0 Å². The fourth-order valence-corrected chi connectivity index (χ4v) is 5.04. The van der Waals surface area contributed by atoms with Crippen molar-refractivity contribution in [2.45, 2.75) is 111 Å². The number of hydrogen-bond acceptors (Lipinski definition) is 7. The van der Waals surface area contributed by atoms with E-state index in [-0.39, 0.29) is 36.7 Å². The Balaban J connectivity index is 3.17. The second kappa shape index (κ2) is 18.0. The number of benzene rings is 1. The number of carbonyl (C=O) groups is 4. The largest absolute Gasteiger partial charge is 0.426 e. The van der Waals surface area contributed by atoms with E-state index in [1.54, 1.807) is 43.3 Å². The Labute approximate surface area is 269 Å². The molecule has 11 heteroatoms. The minimum atomic E-state index is -0.910. The average molecular weight is 634 g/mol. The summed E-state index contributed by atoms with van der Waals surface area (Å²) in [6.45, 7) is 13.7. The number of nitrogens with one attached hydrogen (secondary N) is 3. The molecule has 0 heterocycles. The second-order valence-electron chi connectivity index (χ2n) is 13.3.